The Bertz CT molecular complexity index is 441. The van der Waals surface area contributed by atoms with Crippen LogP contribution in [0.2, 0.25) is 0 Å². The Balaban J connectivity index is 2.30. The van der Waals surface area contributed by atoms with Crippen molar-refractivity contribution >= 4 is 12.6 Å². The van der Waals surface area contributed by atoms with Crippen LogP contribution in [0.5, 0.6) is 0 Å². The summed E-state index contributed by atoms with van der Waals surface area (Å²) in [5, 5.41) is 0. The molecule has 0 aliphatic carbocycles. The van der Waals surface area contributed by atoms with Crippen LogP contribution in [0, 0.1) is 6.92 Å². The average molecular weight is 247 g/mol. The van der Waals surface area contributed by atoms with Gasteiger partial charge in [0.2, 0.25) is 0 Å². The summed E-state index contributed by atoms with van der Waals surface area (Å²) in [6, 6.07) is 2.14. The lowest BCUT2D eigenvalue weighted by molar-refractivity contribution is 0.00578. The maximum Gasteiger partial charge on any atom is 0.496 e. The smallest absolute Gasteiger partial charge is 0.399 e. The molecule has 2 heterocycles. The number of hydrogen-bond acceptors (Lipinski definition) is 3. The molecule has 0 amide bonds. The van der Waals surface area contributed by atoms with Gasteiger partial charge in [0.25, 0.3) is 0 Å². The molecule has 1 aromatic rings. The molecular weight excluding hydrogens is 225 g/mol. The van der Waals surface area contributed by atoms with Gasteiger partial charge in [0.15, 0.2) is 0 Å². The molecule has 0 atom stereocenters. The maximum atomic E-state index is 6.03. The van der Waals surface area contributed by atoms with E-state index < -0.39 is 0 Å². The van der Waals surface area contributed by atoms with Crippen molar-refractivity contribution in [2.75, 3.05) is 0 Å². The molecule has 1 saturated heterocycles. The molecule has 0 N–H and O–H groups in total. The van der Waals surface area contributed by atoms with Gasteiger partial charge in [-0.25, -0.2) is 0 Å². The van der Waals surface area contributed by atoms with E-state index in [0.717, 1.165) is 17.6 Å². The van der Waals surface area contributed by atoms with E-state index in [0.29, 0.717) is 0 Å². The maximum absolute atomic E-state index is 6.03. The summed E-state index contributed by atoms with van der Waals surface area (Å²) in [4.78, 5) is 4.43. The Kier molecular flexibility index (Phi) is 3.28. The molecule has 2 rings (SSSR count). The van der Waals surface area contributed by atoms with E-state index in [2.05, 4.69) is 45.7 Å². The fourth-order valence-corrected chi connectivity index (χ4v) is 2.06. The summed E-state index contributed by atoms with van der Waals surface area (Å²) in [7, 11) is -0.312. The van der Waals surface area contributed by atoms with Crippen LogP contribution in [0.25, 0.3) is 0 Å². The SMILES string of the molecule is CCc1cc(B2OC(C)(C)C(C)(C)O2)cnc1C. The lowest BCUT2D eigenvalue weighted by Crippen LogP contribution is -2.41. The van der Waals surface area contributed by atoms with Gasteiger partial charge in [0.05, 0.1) is 11.2 Å². The molecule has 0 saturated carbocycles. The van der Waals surface area contributed by atoms with Gasteiger partial charge in [-0.15, -0.1) is 0 Å². The second kappa shape index (κ2) is 4.35. The highest BCUT2D eigenvalue weighted by Crippen LogP contribution is 2.36. The van der Waals surface area contributed by atoms with Crippen molar-refractivity contribution < 1.29 is 9.31 Å². The van der Waals surface area contributed by atoms with Crippen LogP contribution in [0.15, 0.2) is 12.3 Å². The number of rotatable bonds is 2. The predicted molar refractivity (Wildman–Crippen MR) is 74.1 cm³/mol. The molecule has 1 aliphatic heterocycles. The first kappa shape index (κ1) is 13.6. The molecule has 4 heteroatoms. The second-order valence-electron chi connectivity index (χ2n) is 5.95. The zero-order valence-corrected chi connectivity index (χ0v) is 12.2. The normalized spacial score (nSPS) is 21.3. The number of aromatic nitrogens is 1. The summed E-state index contributed by atoms with van der Waals surface area (Å²) in [6.07, 6.45) is 2.84. The van der Waals surface area contributed by atoms with Gasteiger partial charge in [-0.3, -0.25) is 4.98 Å². The Morgan fingerprint density at radius 2 is 1.72 bits per heavy atom. The highest BCUT2D eigenvalue weighted by molar-refractivity contribution is 6.62. The fourth-order valence-electron chi connectivity index (χ4n) is 2.06. The van der Waals surface area contributed by atoms with Gasteiger partial charge in [-0.2, -0.15) is 0 Å². The van der Waals surface area contributed by atoms with Gasteiger partial charge >= 0.3 is 7.12 Å². The molecule has 1 aromatic heterocycles. The minimum Gasteiger partial charge on any atom is -0.399 e. The van der Waals surface area contributed by atoms with Gasteiger partial charge in [-0.1, -0.05) is 13.0 Å². The molecule has 0 bridgehead atoms. The van der Waals surface area contributed by atoms with E-state index in [-0.39, 0.29) is 18.3 Å². The van der Waals surface area contributed by atoms with E-state index in [9.17, 15) is 0 Å². The zero-order valence-electron chi connectivity index (χ0n) is 12.2. The summed E-state index contributed by atoms with van der Waals surface area (Å²) < 4.78 is 12.1. The Morgan fingerprint density at radius 3 is 2.22 bits per heavy atom. The summed E-state index contributed by atoms with van der Waals surface area (Å²) in [5.41, 5.74) is 2.75. The first-order valence-electron chi connectivity index (χ1n) is 6.58. The summed E-state index contributed by atoms with van der Waals surface area (Å²) >= 11 is 0. The third kappa shape index (κ3) is 2.19. The standard InChI is InChI=1S/C14H22BNO2/c1-7-11-8-12(9-16-10(11)2)15-17-13(3,4)14(5,6)18-15/h8-9H,7H2,1-6H3. The third-order valence-electron chi connectivity index (χ3n) is 4.12. The number of pyridine rings is 1. The number of aryl methyl sites for hydroxylation is 2. The lowest BCUT2D eigenvalue weighted by atomic mass is 9.79. The van der Waals surface area contributed by atoms with Crippen LogP contribution < -0.4 is 5.46 Å². The quantitative estimate of drug-likeness (QED) is 0.751. The average Bonchev–Trinajstić information content (AvgIpc) is 2.49. The Labute approximate surface area is 110 Å². The fraction of sp³-hybridized carbons (Fsp3) is 0.643. The Hall–Kier alpha value is -0.865. The largest absolute Gasteiger partial charge is 0.496 e. The summed E-state index contributed by atoms with van der Waals surface area (Å²) in [5.74, 6) is 0. The van der Waals surface area contributed by atoms with E-state index in [1.165, 1.54) is 5.56 Å². The molecule has 1 aliphatic rings. The highest BCUT2D eigenvalue weighted by atomic mass is 16.7. The van der Waals surface area contributed by atoms with Crippen LogP contribution in [0.1, 0.15) is 45.9 Å². The summed E-state index contributed by atoms with van der Waals surface area (Å²) in [6.45, 7) is 12.4. The first-order valence-corrected chi connectivity index (χ1v) is 6.58. The van der Waals surface area contributed by atoms with Crippen molar-refractivity contribution in [1.82, 2.24) is 4.98 Å². The van der Waals surface area contributed by atoms with Gasteiger partial charge in [0.1, 0.15) is 0 Å². The molecule has 0 spiro atoms. The van der Waals surface area contributed by atoms with Gasteiger partial charge < -0.3 is 9.31 Å². The number of nitrogens with zero attached hydrogens (tertiary/aromatic N) is 1. The van der Waals surface area contributed by atoms with Crippen LogP contribution in [0.4, 0.5) is 0 Å². The van der Waals surface area contributed by atoms with Crippen LogP contribution >= 0.6 is 0 Å². The zero-order chi connectivity index (χ0) is 13.6. The molecule has 18 heavy (non-hydrogen) atoms. The van der Waals surface area contributed by atoms with Crippen molar-refractivity contribution in [3.05, 3.63) is 23.5 Å². The van der Waals surface area contributed by atoms with Crippen molar-refractivity contribution in [2.45, 2.75) is 59.2 Å². The van der Waals surface area contributed by atoms with Crippen LogP contribution in [0.3, 0.4) is 0 Å². The Morgan fingerprint density at radius 1 is 1.17 bits per heavy atom. The topological polar surface area (TPSA) is 31.4 Å². The van der Waals surface area contributed by atoms with E-state index in [1.54, 1.807) is 0 Å². The van der Waals surface area contributed by atoms with Gasteiger partial charge in [0, 0.05) is 17.4 Å². The molecule has 98 valence electrons. The highest BCUT2D eigenvalue weighted by Gasteiger charge is 2.51. The predicted octanol–water partition coefficient (Wildman–Crippen LogP) is 2.25. The molecule has 0 unspecified atom stereocenters. The first-order chi connectivity index (χ1) is 8.27. The lowest BCUT2D eigenvalue weighted by Gasteiger charge is -2.32. The van der Waals surface area contributed by atoms with Crippen molar-refractivity contribution in [3.63, 3.8) is 0 Å². The minimum absolute atomic E-state index is 0.297. The van der Waals surface area contributed by atoms with E-state index in [4.69, 9.17) is 9.31 Å². The minimum atomic E-state index is -0.312. The third-order valence-corrected chi connectivity index (χ3v) is 4.12. The molecule has 3 nitrogen and oxygen atoms in total. The molecule has 1 fully saturated rings. The molecule has 0 radical (unpaired) electrons. The second-order valence-corrected chi connectivity index (χ2v) is 5.95. The molecular formula is C14H22BNO2. The van der Waals surface area contributed by atoms with Crippen molar-refractivity contribution in [1.29, 1.82) is 0 Å². The van der Waals surface area contributed by atoms with E-state index >= 15 is 0 Å². The molecule has 0 aromatic carbocycles. The number of hydrogen-bond donors (Lipinski definition) is 0. The van der Waals surface area contributed by atoms with Crippen molar-refractivity contribution in [2.24, 2.45) is 0 Å². The monoisotopic (exact) mass is 247 g/mol. The van der Waals surface area contributed by atoms with Crippen LogP contribution in [-0.4, -0.2) is 23.3 Å². The van der Waals surface area contributed by atoms with Crippen molar-refractivity contribution in [3.8, 4) is 0 Å². The van der Waals surface area contributed by atoms with Crippen LogP contribution in [-0.2, 0) is 15.7 Å². The van der Waals surface area contributed by atoms with Gasteiger partial charge in [-0.05, 0) is 46.6 Å². The van der Waals surface area contributed by atoms with E-state index in [1.807, 2.05) is 13.1 Å².